The standard InChI is InChI=1S/C20H31N5OS/c1-14(25-8-6-16-15(13-25)7-9-27-16)10-23-19(21-5)24-12-18-22-11-17(26-18)20(2,3)4/h7,9,11,14H,6,8,10,12-13H2,1-5H3,(H2,21,23,24). The summed E-state index contributed by atoms with van der Waals surface area (Å²) in [4.78, 5) is 12.7. The van der Waals surface area contributed by atoms with Crippen LogP contribution >= 0.6 is 11.3 Å². The van der Waals surface area contributed by atoms with E-state index >= 15 is 0 Å². The van der Waals surface area contributed by atoms with E-state index < -0.39 is 0 Å². The third-order valence-electron chi connectivity index (χ3n) is 4.95. The summed E-state index contributed by atoms with van der Waals surface area (Å²) in [5.74, 6) is 2.34. The molecule has 3 rings (SSSR count). The van der Waals surface area contributed by atoms with Crippen molar-refractivity contribution in [3.8, 4) is 0 Å². The van der Waals surface area contributed by atoms with Crippen LogP contribution in [-0.2, 0) is 24.9 Å². The minimum atomic E-state index is -0.0304. The summed E-state index contributed by atoms with van der Waals surface area (Å²) < 4.78 is 5.83. The number of nitrogens with one attached hydrogen (secondary N) is 2. The molecule has 0 bridgehead atoms. The zero-order valence-electron chi connectivity index (χ0n) is 17.0. The highest BCUT2D eigenvalue weighted by Crippen LogP contribution is 2.25. The first-order chi connectivity index (χ1) is 12.9. The lowest BCUT2D eigenvalue weighted by Gasteiger charge is -2.32. The van der Waals surface area contributed by atoms with E-state index in [1.54, 1.807) is 11.9 Å². The predicted molar refractivity (Wildman–Crippen MR) is 111 cm³/mol. The number of rotatable bonds is 5. The van der Waals surface area contributed by atoms with Crippen molar-refractivity contribution < 1.29 is 4.42 Å². The van der Waals surface area contributed by atoms with E-state index in [4.69, 9.17) is 4.42 Å². The third kappa shape index (κ3) is 5.11. The van der Waals surface area contributed by atoms with E-state index in [1.165, 1.54) is 5.56 Å². The molecule has 1 atom stereocenters. The molecular formula is C20H31N5OS. The van der Waals surface area contributed by atoms with E-state index in [0.717, 1.165) is 37.8 Å². The van der Waals surface area contributed by atoms with Crippen LogP contribution in [0.2, 0.25) is 0 Å². The quantitative estimate of drug-likeness (QED) is 0.607. The fourth-order valence-corrected chi connectivity index (χ4v) is 4.03. The van der Waals surface area contributed by atoms with E-state index in [-0.39, 0.29) is 5.41 Å². The molecule has 0 saturated heterocycles. The molecule has 27 heavy (non-hydrogen) atoms. The first-order valence-electron chi connectivity index (χ1n) is 9.56. The van der Waals surface area contributed by atoms with Crippen LogP contribution in [0, 0.1) is 0 Å². The first kappa shape index (κ1) is 19.9. The molecule has 7 heteroatoms. The molecule has 0 spiro atoms. The monoisotopic (exact) mass is 389 g/mol. The summed E-state index contributed by atoms with van der Waals surface area (Å²) in [5, 5.41) is 8.91. The number of thiophene rings is 1. The molecule has 2 aromatic heterocycles. The number of oxazole rings is 1. The highest BCUT2D eigenvalue weighted by Gasteiger charge is 2.22. The molecule has 0 fully saturated rings. The minimum absolute atomic E-state index is 0.0304. The number of hydrogen-bond donors (Lipinski definition) is 2. The van der Waals surface area contributed by atoms with Gasteiger partial charge in [-0.3, -0.25) is 9.89 Å². The lowest BCUT2D eigenvalue weighted by atomic mass is 9.94. The van der Waals surface area contributed by atoms with Gasteiger partial charge in [-0.15, -0.1) is 11.3 Å². The summed E-state index contributed by atoms with van der Waals surface area (Å²) in [7, 11) is 1.79. The zero-order chi connectivity index (χ0) is 19.4. The van der Waals surface area contributed by atoms with Crippen LogP contribution in [0.4, 0.5) is 0 Å². The van der Waals surface area contributed by atoms with Gasteiger partial charge in [0, 0.05) is 43.0 Å². The Bertz CT molecular complexity index is 773. The Labute approximate surface area is 166 Å². The molecule has 0 saturated carbocycles. The van der Waals surface area contributed by atoms with Crippen molar-refractivity contribution in [3.63, 3.8) is 0 Å². The van der Waals surface area contributed by atoms with Gasteiger partial charge >= 0.3 is 0 Å². The Morgan fingerprint density at radius 1 is 1.41 bits per heavy atom. The molecule has 0 radical (unpaired) electrons. The molecule has 0 aliphatic carbocycles. The molecule has 2 aromatic rings. The normalized spacial score (nSPS) is 16.9. The molecule has 3 heterocycles. The van der Waals surface area contributed by atoms with Crippen LogP contribution in [0.25, 0.3) is 0 Å². The maximum Gasteiger partial charge on any atom is 0.213 e. The van der Waals surface area contributed by atoms with Gasteiger partial charge in [0.25, 0.3) is 0 Å². The van der Waals surface area contributed by atoms with Crippen molar-refractivity contribution in [1.82, 2.24) is 20.5 Å². The van der Waals surface area contributed by atoms with Gasteiger partial charge < -0.3 is 15.1 Å². The van der Waals surface area contributed by atoms with Crippen LogP contribution < -0.4 is 10.6 Å². The highest BCUT2D eigenvalue weighted by atomic mass is 32.1. The number of hydrogen-bond acceptors (Lipinski definition) is 5. The Kier molecular flexibility index (Phi) is 6.22. The number of aromatic nitrogens is 1. The highest BCUT2D eigenvalue weighted by molar-refractivity contribution is 7.10. The lowest BCUT2D eigenvalue weighted by molar-refractivity contribution is 0.192. The van der Waals surface area contributed by atoms with E-state index in [1.807, 2.05) is 17.5 Å². The second kappa shape index (κ2) is 8.44. The third-order valence-corrected chi connectivity index (χ3v) is 5.97. The summed E-state index contributed by atoms with van der Waals surface area (Å²) >= 11 is 1.88. The van der Waals surface area contributed by atoms with Crippen molar-refractivity contribution in [2.75, 3.05) is 20.1 Å². The molecule has 148 valence electrons. The van der Waals surface area contributed by atoms with Crippen LogP contribution in [0.5, 0.6) is 0 Å². The predicted octanol–water partition coefficient (Wildman–Crippen LogP) is 3.15. The average Bonchev–Trinajstić information content (AvgIpc) is 3.29. The van der Waals surface area contributed by atoms with Crippen molar-refractivity contribution in [1.29, 1.82) is 0 Å². The van der Waals surface area contributed by atoms with Gasteiger partial charge in [-0.25, -0.2) is 4.98 Å². The molecule has 1 aliphatic rings. The number of fused-ring (bicyclic) bond motifs is 1. The molecule has 1 unspecified atom stereocenters. The summed E-state index contributed by atoms with van der Waals surface area (Å²) in [6.07, 6.45) is 2.97. The van der Waals surface area contributed by atoms with Gasteiger partial charge in [0.15, 0.2) is 5.96 Å². The van der Waals surface area contributed by atoms with E-state index in [0.29, 0.717) is 18.5 Å². The summed E-state index contributed by atoms with van der Waals surface area (Å²) in [5.41, 5.74) is 1.45. The van der Waals surface area contributed by atoms with Gasteiger partial charge in [0.05, 0.1) is 12.7 Å². The Morgan fingerprint density at radius 3 is 2.93 bits per heavy atom. The fraction of sp³-hybridized carbons (Fsp3) is 0.600. The Balaban J connectivity index is 1.46. The Hall–Kier alpha value is -1.86. The van der Waals surface area contributed by atoms with Crippen LogP contribution in [0.15, 0.2) is 27.1 Å². The van der Waals surface area contributed by atoms with Gasteiger partial charge in [0.2, 0.25) is 5.89 Å². The second-order valence-corrected chi connectivity index (χ2v) is 9.11. The molecule has 0 amide bonds. The summed E-state index contributed by atoms with van der Waals surface area (Å²) in [6, 6.07) is 2.69. The maximum atomic E-state index is 5.83. The molecular weight excluding hydrogens is 358 g/mol. The van der Waals surface area contributed by atoms with E-state index in [9.17, 15) is 0 Å². The number of nitrogens with zero attached hydrogens (tertiary/aromatic N) is 3. The van der Waals surface area contributed by atoms with Crippen LogP contribution in [-0.4, -0.2) is 42.0 Å². The van der Waals surface area contributed by atoms with Crippen molar-refractivity contribution >= 4 is 17.3 Å². The zero-order valence-corrected chi connectivity index (χ0v) is 17.8. The largest absolute Gasteiger partial charge is 0.443 e. The lowest BCUT2D eigenvalue weighted by Crippen LogP contribution is -2.47. The molecule has 1 aliphatic heterocycles. The van der Waals surface area contributed by atoms with Crippen molar-refractivity contribution in [3.05, 3.63) is 39.7 Å². The van der Waals surface area contributed by atoms with Gasteiger partial charge in [-0.1, -0.05) is 20.8 Å². The first-order valence-corrected chi connectivity index (χ1v) is 10.4. The smallest absolute Gasteiger partial charge is 0.213 e. The SMILES string of the molecule is CN=C(NCc1ncc(C(C)(C)C)o1)NCC(C)N1CCc2sccc2C1. The topological polar surface area (TPSA) is 65.7 Å². The van der Waals surface area contributed by atoms with Crippen molar-refractivity contribution in [2.24, 2.45) is 4.99 Å². The number of aliphatic imine (C=N–C) groups is 1. The molecule has 0 aromatic carbocycles. The minimum Gasteiger partial charge on any atom is -0.443 e. The summed E-state index contributed by atoms with van der Waals surface area (Å²) in [6.45, 7) is 12.1. The Morgan fingerprint density at radius 2 is 2.22 bits per heavy atom. The second-order valence-electron chi connectivity index (χ2n) is 8.11. The van der Waals surface area contributed by atoms with Gasteiger partial charge in [-0.2, -0.15) is 0 Å². The maximum absolute atomic E-state index is 5.83. The molecule has 6 nitrogen and oxygen atoms in total. The van der Waals surface area contributed by atoms with Gasteiger partial charge in [0.1, 0.15) is 5.76 Å². The van der Waals surface area contributed by atoms with E-state index in [2.05, 4.69) is 64.7 Å². The van der Waals surface area contributed by atoms with Crippen LogP contribution in [0.1, 0.15) is 49.8 Å². The van der Waals surface area contributed by atoms with Gasteiger partial charge in [-0.05, 0) is 30.4 Å². The van der Waals surface area contributed by atoms with Crippen LogP contribution in [0.3, 0.4) is 0 Å². The molecule has 2 N–H and O–H groups in total. The van der Waals surface area contributed by atoms with Crippen molar-refractivity contribution in [2.45, 2.75) is 58.7 Å². The average molecular weight is 390 g/mol. The number of guanidine groups is 1. The fourth-order valence-electron chi connectivity index (χ4n) is 3.14.